The average molecular weight is 432 g/mol. The molecule has 0 bridgehead atoms. The molecule has 2 saturated heterocycles. The minimum absolute atomic E-state index is 0.126. The Morgan fingerprint density at radius 1 is 1.30 bits per heavy atom. The first kappa shape index (κ1) is 22.2. The highest BCUT2D eigenvalue weighted by Crippen LogP contribution is 2.36. The summed E-state index contributed by atoms with van der Waals surface area (Å²) >= 11 is 0. The predicted octanol–water partition coefficient (Wildman–Crippen LogP) is 1.30. The van der Waals surface area contributed by atoms with E-state index in [9.17, 15) is 14.3 Å². The molecule has 0 spiro atoms. The number of anilines is 2. The smallest absolute Gasteiger partial charge is 0.257 e. The topological polar surface area (TPSA) is 116 Å². The monoisotopic (exact) mass is 431 g/mol. The van der Waals surface area contributed by atoms with Crippen molar-refractivity contribution in [1.29, 1.82) is 10.7 Å². The maximum atomic E-state index is 13.4. The lowest BCUT2D eigenvalue weighted by Crippen LogP contribution is -2.49. The molecule has 2 N–H and O–H groups in total. The van der Waals surface area contributed by atoms with E-state index in [1.807, 2.05) is 11.2 Å². The van der Waals surface area contributed by atoms with Crippen molar-refractivity contribution >= 4 is 34.6 Å². The van der Waals surface area contributed by atoms with Gasteiger partial charge in [0.25, 0.3) is 5.91 Å². The van der Waals surface area contributed by atoms with Crippen LogP contribution in [0.5, 0.6) is 0 Å². The Morgan fingerprint density at radius 3 is 2.43 bits per heavy atom. The van der Waals surface area contributed by atoms with E-state index in [-0.39, 0.29) is 11.3 Å². The Morgan fingerprint density at radius 2 is 1.93 bits per heavy atom. The molecule has 1 atom stereocenters. The van der Waals surface area contributed by atoms with E-state index in [4.69, 9.17) is 5.41 Å². The number of nitriles is 1. The van der Waals surface area contributed by atoms with Crippen LogP contribution in [-0.2, 0) is 11.0 Å². The number of piperidine rings is 1. The second kappa shape index (κ2) is 9.10. The second-order valence-electron chi connectivity index (χ2n) is 7.98. The van der Waals surface area contributed by atoms with E-state index < -0.39 is 11.0 Å². The van der Waals surface area contributed by atoms with Gasteiger partial charge in [-0.15, -0.1) is 0 Å². The molecule has 30 heavy (non-hydrogen) atoms. The quantitative estimate of drug-likeness (QED) is 0.679. The second-order valence-corrected chi connectivity index (χ2v) is 9.35. The van der Waals surface area contributed by atoms with Crippen molar-refractivity contribution in [1.82, 2.24) is 14.2 Å². The van der Waals surface area contributed by atoms with Gasteiger partial charge < -0.3 is 20.5 Å². The van der Waals surface area contributed by atoms with Crippen molar-refractivity contribution in [3.05, 3.63) is 17.3 Å². The van der Waals surface area contributed by atoms with Crippen LogP contribution in [0.2, 0.25) is 0 Å². The minimum atomic E-state index is -1.04. The Bertz CT molecular complexity index is 882. The molecule has 1 aromatic heterocycles. The Hall–Kier alpha value is -2.51. The highest BCUT2D eigenvalue weighted by atomic mass is 32.2. The maximum absolute atomic E-state index is 13.4. The predicted molar refractivity (Wildman–Crippen MR) is 118 cm³/mol. The molecule has 0 aromatic carbocycles. The van der Waals surface area contributed by atoms with Crippen LogP contribution in [0.3, 0.4) is 0 Å². The average Bonchev–Trinajstić information content (AvgIpc) is 2.78. The van der Waals surface area contributed by atoms with Crippen molar-refractivity contribution in [2.45, 2.75) is 19.8 Å². The first-order valence-corrected chi connectivity index (χ1v) is 11.6. The first-order valence-electron chi connectivity index (χ1n) is 10.1. The zero-order valence-corrected chi connectivity index (χ0v) is 18.6. The summed E-state index contributed by atoms with van der Waals surface area (Å²) in [6.45, 7) is 5.37. The molecular formula is C20H29N7O2S. The highest BCUT2D eigenvalue weighted by molar-refractivity contribution is 7.81. The van der Waals surface area contributed by atoms with Crippen molar-refractivity contribution in [2.24, 2.45) is 5.41 Å². The molecule has 0 radical (unpaired) electrons. The zero-order valence-electron chi connectivity index (χ0n) is 17.8. The lowest BCUT2D eigenvalue weighted by Gasteiger charge is -2.39. The van der Waals surface area contributed by atoms with Gasteiger partial charge in [-0.2, -0.15) is 5.26 Å². The van der Waals surface area contributed by atoms with Gasteiger partial charge in [-0.25, -0.2) is 13.5 Å². The van der Waals surface area contributed by atoms with Crippen LogP contribution >= 0.6 is 0 Å². The van der Waals surface area contributed by atoms with Gasteiger partial charge in [0.15, 0.2) is 0 Å². The van der Waals surface area contributed by atoms with Gasteiger partial charge in [-0.05, 0) is 19.8 Å². The number of carbonyl (C=O) groups is 1. The van der Waals surface area contributed by atoms with Crippen LogP contribution in [0.4, 0.5) is 11.5 Å². The summed E-state index contributed by atoms with van der Waals surface area (Å²) in [6.07, 6.45) is 5.87. The molecule has 1 unspecified atom stereocenters. The molecule has 2 fully saturated rings. The Kier molecular flexibility index (Phi) is 6.73. The summed E-state index contributed by atoms with van der Waals surface area (Å²) in [5.41, 5.74) is 1.39. The van der Waals surface area contributed by atoms with Gasteiger partial charge in [-0.1, -0.05) is 0 Å². The standard InChI is InChI=1S/C20H29N7O2S/c1-20(14-22)4-6-25(7-5-20)17-15(12-21)18(23-2)24-13-16(17)19(28)26-8-10-27(11-9-26)30(3)29/h12-13,21H,4-11H2,1-3H3,(H,23,24). The molecule has 2 aliphatic heterocycles. The fourth-order valence-electron chi connectivity index (χ4n) is 4.00. The van der Waals surface area contributed by atoms with Crippen LogP contribution in [0, 0.1) is 22.2 Å². The summed E-state index contributed by atoms with van der Waals surface area (Å²) in [7, 11) is 0.703. The summed E-state index contributed by atoms with van der Waals surface area (Å²) in [6, 6.07) is 2.40. The summed E-state index contributed by atoms with van der Waals surface area (Å²) in [5.74, 6) is 0.426. The largest absolute Gasteiger partial charge is 0.373 e. The van der Waals surface area contributed by atoms with E-state index in [2.05, 4.69) is 21.3 Å². The number of piperazine rings is 1. The molecule has 0 saturated carbocycles. The molecule has 162 valence electrons. The van der Waals surface area contributed by atoms with Gasteiger partial charge in [0.1, 0.15) is 5.82 Å². The van der Waals surface area contributed by atoms with E-state index in [1.54, 1.807) is 24.4 Å². The molecule has 3 rings (SSSR count). The molecule has 3 heterocycles. The maximum Gasteiger partial charge on any atom is 0.257 e. The van der Waals surface area contributed by atoms with Crippen LogP contribution in [0.1, 0.15) is 35.7 Å². The van der Waals surface area contributed by atoms with Crippen LogP contribution < -0.4 is 10.2 Å². The lowest BCUT2D eigenvalue weighted by molar-refractivity contribution is 0.0701. The van der Waals surface area contributed by atoms with E-state index in [0.29, 0.717) is 74.7 Å². The van der Waals surface area contributed by atoms with Gasteiger partial charge in [-0.3, -0.25) is 4.79 Å². The number of amides is 1. The molecule has 1 aromatic rings. The Balaban J connectivity index is 1.93. The normalized spacial score (nSPS) is 20.3. The van der Waals surface area contributed by atoms with Crippen molar-refractivity contribution in [3.63, 3.8) is 0 Å². The van der Waals surface area contributed by atoms with E-state index >= 15 is 0 Å². The third kappa shape index (κ3) is 4.32. The summed E-state index contributed by atoms with van der Waals surface area (Å²) in [4.78, 5) is 21.7. The first-order chi connectivity index (χ1) is 14.3. The van der Waals surface area contributed by atoms with Crippen molar-refractivity contribution < 1.29 is 9.00 Å². The lowest BCUT2D eigenvalue weighted by atomic mass is 9.81. The summed E-state index contributed by atoms with van der Waals surface area (Å²) < 4.78 is 13.5. The number of aromatic nitrogens is 1. The van der Waals surface area contributed by atoms with Gasteiger partial charge in [0.05, 0.1) is 39.3 Å². The fourth-order valence-corrected chi connectivity index (χ4v) is 4.68. The Labute approximate surface area is 180 Å². The van der Waals surface area contributed by atoms with Gasteiger partial charge >= 0.3 is 0 Å². The van der Waals surface area contributed by atoms with Gasteiger partial charge in [0.2, 0.25) is 0 Å². The van der Waals surface area contributed by atoms with E-state index in [1.165, 1.54) is 6.21 Å². The van der Waals surface area contributed by atoms with Crippen LogP contribution in [0.25, 0.3) is 0 Å². The fraction of sp³-hybridized carbons (Fsp3) is 0.600. The SMILES string of the molecule is CNc1ncc(C(=O)N2CCN(S(C)=O)CC2)c(N2CCC(C)(C#N)CC2)c1C=N. The van der Waals surface area contributed by atoms with Crippen molar-refractivity contribution in [3.8, 4) is 6.07 Å². The third-order valence-electron chi connectivity index (χ3n) is 6.04. The van der Waals surface area contributed by atoms with Crippen LogP contribution in [-0.4, -0.2) is 83.1 Å². The number of pyridine rings is 1. The molecule has 1 amide bonds. The molecular weight excluding hydrogens is 402 g/mol. The number of hydrogen-bond acceptors (Lipinski definition) is 7. The van der Waals surface area contributed by atoms with Gasteiger partial charge in [0, 0.05) is 65.0 Å². The molecule has 2 aliphatic rings. The number of rotatable bonds is 5. The number of nitrogens with one attached hydrogen (secondary N) is 2. The van der Waals surface area contributed by atoms with Crippen LogP contribution in [0.15, 0.2) is 6.20 Å². The summed E-state index contributed by atoms with van der Waals surface area (Å²) in [5, 5.41) is 20.4. The highest BCUT2D eigenvalue weighted by Gasteiger charge is 2.34. The van der Waals surface area contributed by atoms with Crippen molar-refractivity contribution in [2.75, 3.05) is 62.8 Å². The number of nitrogens with zero attached hydrogens (tertiary/aromatic N) is 5. The molecule has 9 nitrogen and oxygen atoms in total. The number of hydrogen-bond donors (Lipinski definition) is 2. The third-order valence-corrected chi connectivity index (χ3v) is 7.13. The molecule has 0 aliphatic carbocycles. The minimum Gasteiger partial charge on any atom is -0.373 e. The van der Waals surface area contributed by atoms with E-state index in [0.717, 1.165) is 0 Å². The molecule has 10 heteroatoms. The zero-order chi connectivity index (χ0) is 21.9. The number of carbonyl (C=O) groups excluding carboxylic acids is 1.